The van der Waals surface area contributed by atoms with Crippen LogP contribution in [0.15, 0.2) is 48.5 Å². The topological polar surface area (TPSA) is 69.6 Å². The van der Waals surface area contributed by atoms with E-state index in [4.69, 9.17) is 5.11 Å². The van der Waals surface area contributed by atoms with E-state index in [1.54, 1.807) is 12.1 Å². The maximum absolute atomic E-state index is 11.9. The summed E-state index contributed by atoms with van der Waals surface area (Å²) in [5, 5.41) is 20.8. The lowest BCUT2D eigenvalue weighted by atomic mass is 10.1. The molecule has 21 heavy (non-hydrogen) atoms. The predicted octanol–water partition coefficient (Wildman–Crippen LogP) is 1.67. The van der Waals surface area contributed by atoms with Gasteiger partial charge in [0.1, 0.15) is 12.4 Å². The molecule has 0 aliphatic heterocycles. The van der Waals surface area contributed by atoms with Gasteiger partial charge in [0.2, 0.25) is 0 Å². The number of amides is 1. The summed E-state index contributed by atoms with van der Waals surface area (Å²) in [6.07, 6.45) is 0. The van der Waals surface area contributed by atoms with Crippen molar-refractivity contribution in [1.82, 2.24) is 5.32 Å². The lowest BCUT2D eigenvalue weighted by molar-refractivity contribution is 0.0950. The first-order valence-corrected chi connectivity index (χ1v) is 6.45. The van der Waals surface area contributed by atoms with E-state index in [0.717, 1.165) is 11.1 Å². The van der Waals surface area contributed by atoms with E-state index >= 15 is 0 Å². The van der Waals surface area contributed by atoms with Crippen LogP contribution in [0.5, 0.6) is 5.75 Å². The molecule has 0 saturated heterocycles. The summed E-state index contributed by atoms with van der Waals surface area (Å²) in [4.78, 5) is 11.9. The second-order valence-corrected chi connectivity index (χ2v) is 4.39. The smallest absolute Gasteiger partial charge is 0.251 e. The molecule has 106 valence electrons. The van der Waals surface area contributed by atoms with Crippen molar-refractivity contribution in [2.24, 2.45) is 0 Å². The molecule has 0 aliphatic carbocycles. The van der Waals surface area contributed by atoms with Gasteiger partial charge in [-0.1, -0.05) is 30.0 Å². The predicted molar refractivity (Wildman–Crippen MR) is 79.7 cm³/mol. The van der Waals surface area contributed by atoms with Gasteiger partial charge in [-0.25, -0.2) is 0 Å². The van der Waals surface area contributed by atoms with Crippen LogP contribution in [0.4, 0.5) is 0 Å². The van der Waals surface area contributed by atoms with Crippen LogP contribution in [0.25, 0.3) is 0 Å². The quantitative estimate of drug-likeness (QED) is 0.749. The van der Waals surface area contributed by atoms with Crippen molar-refractivity contribution in [3.05, 3.63) is 65.2 Å². The standard InChI is InChI=1S/C17H15NO3/c19-9-3-6-13-4-1-5-14(10-13)12-18-17(21)15-7-2-8-16(20)11-15/h1-2,4-5,7-8,10-11,19-20H,9,12H2,(H,18,21). The number of rotatable bonds is 3. The fourth-order valence-electron chi connectivity index (χ4n) is 1.83. The molecule has 0 saturated carbocycles. The molecule has 0 heterocycles. The second-order valence-electron chi connectivity index (χ2n) is 4.39. The molecule has 0 aromatic heterocycles. The fourth-order valence-corrected chi connectivity index (χ4v) is 1.83. The lowest BCUT2D eigenvalue weighted by Crippen LogP contribution is -2.22. The largest absolute Gasteiger partial charge is 0.508 e. The van der Waals surface area contributed by atoms with Crippen molar-refractivity contribution in [1.29, 1.82) is 0 Å². The number of aliphatic hydroxyl groups excluding tert-OH is 1. The van der Waals surface area contributed by atoms with Crippen molar-refractivity contribution in [3.8, 4) is 17.6 Å². The normalized spacial score (nSPS) is 9.57. The molecule has 0 bridgehead atoms. The van der Waals surface area contributed by atoms with Gasteiger partial charge in [0.15, 0.2) is 0 Å². The summed E-state index contributed by atoms with van der Waals surface area (Å²) in [7, 11) is 0. The number of nitrogens with one attached hydrogen (secondary N) is 1. The fraction of sp³-hybridized carbons (Fsp3) is 0.118. The van der Waals surface area contributed by atoms with Gasteiger partial charge in [-0.05, 0) is 35.9 Å². The summed E-state index contributed by atoms with van der Waals surface area (Å²) in [6, 6.07) is 13.6. The van der Waals surface area contributed by atoms with Gasteiger partial charge in [-0.2, -0.15) is 0 Å². The number of benzene rings is 2. The SMILES string of the molecule is O=C(NCc1cccc(C#CCO)c1)c1cccc(O)c1. The zero-order valence-electron chi connectivity index (χ0n) is 11.3. The Hall–Kier alpha value is -2.77. The Bertz CT molecular complexity index is 698. The van der Waals surface area contributed by atoms with Crippen LogP contribution in [0.3, 0.4) is 0 Å². The van der Waals surface area contributed by atoms with Crippen molar-refractivity contribution < 1.29 is 15.0 Å². The third kappa shape index (κ3) is 4.37. The van der Waals surface area contributed by atoms with E-state index in [2.05, 4.69) is 17.2 Å². The monoisotopic (exact) mass is 281 g/mol. The number of hydrogen-bond acceptors (Lipinski definition) is 3. The number of aliphatic hydroxyl groups is 1. The van der Waals surface area contributed by atoms with Crippen LogP contribution < -0.4 is 5.32 Å². The molecule has 1 amide bonds. The first kappa shape index (κ1) is 14.6. The van der Waals surface area contributed by atoms with E-state index in [9.17, 15) is 9.90 Å². The second kappa shape index (κ2) is 7.13. The van der Waals surface area contributed by atoms with E-state index in [-0.39, 0.29) is 18.3 Å². The van der Waals surface area contributed by atoms with Crippen molar-refractivity contribution in [3.63, 3.8) is 0 Å². The molecule has 4 nitrogen and oxygen atoms in total. The molecule has 0 unspecified atom stereocenters. The average Bonchev–Trinajstić information content (AvgIpc) is 2.51. The van der Waals surface area contributed by atoms with Crippen molar-refractivity contribution in [2.45, 2.75) is 6.54 Å². The molecule has 0 atom stereocenters. The van der Waals surface area contributed by atoms with Crippen LogP contribution in [-0.4, -0.2) is 22.7 Å². The van der Waals surface area contributed by atoms with Crippen LogP contribution in [0.1, 0.15) is 21.5 Å². The zero-order chi connectivity index (χ0) is 15.1. The molecule has 3 N–H and O–H groups in total. The summed E-state index contributed by atoms with van der Waals surface area (Å²) >= 11 is 0. The Morgan fingerprint density at radius 1 is 1.14 bits per heavy atom. The Morgan fingerprint density at radius 2 is 1.95 bits per heavy atom. The number of phenols is 1. The van der Waals surface area contributed by atoms with Gasteiger partial charge in [0, 0.05) is 17.7 Å². The van der Waals surface area contributed by atoms with Crippen LogP contribution in [-0.2, 0) is 6.54 Å². The first-order valence-electron chi connectivity index (χ1n) is 6.45. The highest BCUT2D eigenvalue weighted by molar-refractivity contribution is 5.94. The lowest BCUT2D eigenvalue weighted by Gasteiger charge is -2.06. The summed E-state index contributed by atoms with van der Waals surface area (Å²) in [5.74, 6) is 5.20. The van der Waals surface area contributed by atoms with Gasteiger partial charge in [-0.15, -0.1) is 0 Å². The summed E-state index contributed by atoms with van der Waals surface area (Å²) < 4.78 is 0. The van der Waals surface area contributed by atoms with Gasteiger partial charge >= 0.3 is 0 Å². The first-order chi connectivity index (χ1) is 10.2. The highest BCUT2D eigenvalue weighted by Gasteiger charge is 2.05. The number of hydrogen-bond donors (Lipinski definition) is 3. The minimum absolute atomic E-state index is 0.0592. The molecule has 0 radical (unpaired) electrons. The Balaban J connectivity index is 2.01. The molecule has 2 rings (SSSR count). The molecular formula is C17H15NO3. The Morgan fingerprint density at radius 3 is 2.71 bits per heavy atom. The van der Waals surface area contributed by atoms with E-state index in [1.807, 2.05) is 24.3 Å². The summed E-state index contributed by atoms with van der Waals surface area (Å²) in [5.41, 5.74) is 2.10. The molecule has 4 heteroatoms. The number of aromatic hydroxyl groups is 1. The van der Waals surface area contributed by atoms with Crippen LogP contribution in [0.2, 0.25) is 0 Å². The van der Waals surface area contributed by atoms with Crippen LogP contribution in [0, 0.1) is 11.8 Å². The number of carbonyl (C=O) groups is 1. The third-order valence-electron chi connectivity index (χ3n) is 2.80. The average molecular weight is 281 g/mol. The van der Waals surface area contributed by atoms with E-state index < -0.39 is 0 Å². The number of phenolic OH excluding ortho intramolecular Hbond substituents is 1. The molecule has 0 fully saturated rings. The van der Waals surface area contributed by atoms with Crippen molar-refractivity contribution >= 4 is 5.91 Å². The Labute approximate surface area is 123 Å². The molecular weight excluding hydrogens is 266 g/mol. The molecule has 2 aromatic carbocycles. The third-order valence-corrected chi connectivity index (χ3v) is 2.80. The van der Waals surface area contributed by atoms with Gasteiger partial charge < -0.3 is 15.5 Å². The summed E-state index contributed by atoms with van der Waals surface area (Å²) in [6.45, 7) is 0.182. The minimum atomic E-state index is -0.252. The van der Waals surface area contributed by atoms with Gasteiger partial charge in [-0.3, -0.25) is 4.79 Å². The maximum atomic E-state index is 11.9. The highest BCUT2D eigenvalue weighted by Crippen LogP contribution is 2.11. The maximum Gasteiger partial charge on any atom is 0.251 e. The van der Waals surface area contributed by atoms with Gasteiger partial charge in [0.05, 0.1) is 0 Å². The Kier molecular flexibility index (Phi) is 4.97. The highest BCUT2D eigenvalue weighted by atomic mass is 16.3. The molecule has 2 aromatic rings. The van der Waals surface area contributed by atoms with Crippen LogP contribution >= 0.6 is 0 Å². The molecule has 0 spiro atoms. The van der Waals surface area contributed by atoms with E-state index in [1.165, 1.54) is 12.1 Å². The van der Waals surface area contributed by atoms with Crippen molar-refractivity contribution in [2.75, 3.05) is 6.61 Å². The molecule has 0 aliphatic rings. The van der Waals surface area contributed by atoms with E-state index in [0.29, 0.717) is 12.1 Å². The minimum Gasteiger partial charge on any atom is -0.508 e. The number of carbonyl (C=O) groups excluding carboxylic acids is 1. The van der Waals surface area contributed by atoms with Gasteiger partial charge in [0.25, 0.3) is 5.91 Å². The zero-order valence-corrected chi connectivity index (χ0v) is 11.3.